The van der Waals surface area contributed by atoms with E-state index in [4.69, 9.17) is 18.0 Å². The van der Waals surface area contributed by atoms with Gasteiger partial charge >= 0.3 is 5.97 Å². The second kappa shape index (κ2) is 7.49. The minimum atomic E-state index is -1.79. The van der Waals surface area contributed by atoms with Gasteiger partial charge in [-0.15, -0.1) is 0 Å². The van der Waals surface area contributed by atoms with Gasteiger partial charge in [0.25, 0.3) is 0 Å². The first kappa shape index (κ1) is 21.0. The third kappa shape index (κ3) is 8.59. The standard InChI is InChI=1S/C15H34O5Si3/c1-21(2,3)17-11-13(20-23(7,8)9)15-12(10-14(16)18-15)19-22(4,5)6/h12-13,15H,10-11H2,1-9H3/t12-,13-,15+/m0/s1. The smallest absolute Gasteiger partial charge is 0.308 e. The predicted octanol–water partition coefficient (Wildman–Crippen LogP) is 3.59. The molecule has 0 amide bonds. The van der Waals surface area contributed by atoms with Crippen LogP contribution in [0.2, 0.25) is 58.9 Å². The normalized spacial score (nSPS) is 24.7. The first-order valence-corrected chi connectivity index (χ1v) is 18.6. The summed E-state index contributed by atoms with van der Waals surface area (Å²) in [6, 6.07) is 0. The van der Waals surface area contributed by atoms with E-state index >= 15 is 0 Å². The first-order valence-electron chi connectivity index (χ1n) is 8.35. The van der Waals surface area contributed by atoms with Crippen LogP contribution in [-0.4, -0.2) is 55.8 Å². The Hall–Kier alpha value is 0.000649. The molecule has 1 heterocycles. The Bertz CT molecular complexity index is 409. The average Bonchev–Trinajstić information content (AvgIpc) is 2.60. The lowest BCUT2D eigenvalue weighted by molar-refractivity contribution is -0.146. The minimum Gasteiger partial charge on any atom is -0.457 e. The van der Waals surface area contributed by atoms with Crippen LogP contribution in [0.3, 0.4) is 0 Å². The third-order valence-electron chi connectivity index (χ3n) is 3.06. The van der Waals surface area contributed by atoms with Crippen molar-refractivity contribution in [2.75, 3.05) is 6.61 Å². The van der Waals surface area contributed by atoms with Gasteiger partial charge in [-0.2, -0.15) is 0 Å². The molecule has 0 N–H and O–H groups in total. The summed E-state index contributed by atoms with van der Waals surface area (Å²) >= 11 is 0. The molecule has 3 atom stereocenters. The van der Waals surface area contributed by atoms with E-state index < -0.39 is 25.0 Å². The molecule has 5 nitrogen and oxygen atoms in total. The van der Waals surface area contributed by atoms with E-state index in [1.165, 1.54) is 0 Å². The fourth-order valence-electron chi connectivity index (χ4n) is 2.42. The summed E-state index contributed by atoms with van der Waals surface area (Å²) < 4.78 is 24.1. The number of hydrogen-bond donors (Lipinski definition) is 0. The van der Waals surface area contributed by atoms with Gasteiger partial charge in [-0.1, -0.05) is 0 Å². The summed E-state index contributed by atoms with van der Waals surface area (Å²) in [4.78, 5) is 11.9. The topological polar surface area (TPSA) is 54.0 Å². The molecule has 0 spiro atoms. The highest BCUT2D eigenvalue weighted by atomic mass is 28.4. The molecule has 23 heavy (non-hydrogen) atoms. The number of carbonyl (C=O) groups excluding carboxylic acids is 1. The molecule has 1 fully saturated rings. The molecule has 0 aromatic heterocycles. The van der Waals surface area contributed by atoms with Gasteiger partial charge in [0.1, 0.15) is 6.10 Å². The quantitative estimate of drug-likeness (QED) is 0.477. The zero-order valence-corrected chi connectivity index (χ0v) is 19.2. The maximum absolute atomic E-state index is 11.9. The third-order valence-corrected chi connectivity index (χ3v) is 6.11. The molecule has 8 heteroatoms. The lowest BCUT2D eigenvalue weighted by atomic mass is 10.1. The van der Waals surface area contributed by atoms with E-state index in [1.54, 1.807) is 0 Å². The van der Waals surface area contributed by atoms with Gasteiger partial charge in [-0.3, -0.25) is 4.79 Å². The van der Waals surface area contributed by atoms with E-state index in [9.17, 15) is 4.79 Å². The Balaban J connectivity index is 2.90. The molecular weight excluding hydrogens is 344 g/mol. The van der Waals surface area contributed by atoms with Crippen LogP contribution in [0.5, 0.6) is 0 Å². The summed E-state index contributed by atoms with van der Waals surface area (Å²) in [7, 11) is -5.23. The van der Waals surface area contributed by atoms with Crippen LogP contribution in [0, 0.1) is 0 Å². The van der Waals surface area contributed by atoms with Crippen molar-refractivity contribution in [1.29, 1.82) is 0 Å². The van der Waals surface area contributed by atoms with Crippen LogP contribution >= 0.6 is 0 Å². The van der Waals surface area contributed by atoms with Crippen LogP contribution in [-0.2, 0) is 22.8 Å². The van der Waals surface area contributed by atoms with Crippen molar-refractivity contribution in [3.63, 3.8) is 0 Å². The van der Waals surface area contributed by atoms with Crippen molar-refractivity contribution < 1.29 is 22.8 Å². The minimum absolute atomic E-state index is 0.199. The first-order chi connectivity index (χ1) is 10.2. The van der Waals surface area contributed by atoms with Crippen molar-refractivity contribution in [1.82, 2.24) is 0 Å². The summed E-state index contributed by atoms with van der Waals surface area (Å²) in [6.45, 7) is 19.7. The van der Waals surface area contributed by atoms with Crippen molar-refractivity contribution in [2.24, 2.45) is 0 Å². The highest BCUT2D eigenvalue weighted by Crippen LogP contribution is 2.28. The van der Waals surface area contributed by atoms with Crippen LogP contribution < -0.4 is 0 Å². The fourth-order valence-corrected chi connectivity index (χ4v) is 5.32. The van der Waals surface area contributed by atoms with Crippen molar-refractivity contribution in [3.05, 3.63) is 0 Å². The maximum atomic E-state index is 11.9. The molecule has 1 rings (SSSR count). The van der Waals surface area contributed by atoms with Crippen LogP contribution in [0.25, 0.3) is 0 Å². The van der Waals surface area contributed by atoms with Gasteiger partial charge in [0.2, 0.25) is 0 Å². The molecule has 1 saturated heterocycles. The van der Waals surface area contributed by atoms with Crippen LogP contribution in [0.4, 0.5) is 0 Å². The lowest BCUT2D eigenvalue weighted by Crippen LogP contribution is -2.49. The van der Waals surface area contributed by atoms with Crippen molar-refractivity contribution >= 4 is 30.9 Å². The second-order valence-corrected chi connectivity index (χ2v) is 22.6. The fraction of sp³-hybridized carbons (Fsp3) is 0.933. The van der Waals surface area contributed by atoms with Gasteiger partial charge in [0.05, 0.1) is 19.1 Å². The SMILES string of the molecule is C[Si](C)(C)OC[C@H](O[Si](C)(C)C)[C@@H]1OC(=O)C[C@@H]1O[Si](C)(C)C. The lowest BCUT2D eigenvalue weighted by Gasteiger charge is -2.35. The summed E-state index contributed by atoms with van der Waals surface area (Å²) in [5.74, 6) is -0.199. The number of hydrogen-bond acceptors (Lipinski definition) is 5. The number of rotatable bonds is 8. The molecule has 136 valence electrons. The molecule has 0 aromatic carbocycles. The van der Waals surface area contributed by atoms with Crippen molar-refractivity contribution in [3.8, 4) is 0 Å². The van der Waals surface area contributed by atoms with E-state index in [-0.39, 0.29) is 24.3 Å². The number of carbonyl (C=O) groups is 1. The van der Waals surface area contributed by atoms with Gasteiger partial charge in [-0.05, 0) is 58.9 Å². The summed E-state index contributed by atoms with van der Waals surface area (Å²) in [5, 5.41) is 0. The van der Waals surface area contributed by atoms with Crippen molar-refractivity contribution in [2.45, 2.75) is 83.7 Å². The summed E-state index contributed by atoms with van der Waals surface area (Å²) in [5.41, 5.74) is 0. The predicted molar refractivity (Wildman–Crippen MR) is 100 cm³/mol. The summed E-state index contributed by atoms with van der Waals surface area (Å²) in [6.07, 6.45) is -0.521. The zero-order valence-electron chi connectivity index (χ0n) is 16.2. The maximum Gasteiger partial charge on any atom is 0.308 e. The molecule has 0 radical (unpaired) electrons. The Morgan fingerprint density at radius 3 is 2.00 bits per heavy atom. The van der Waals surface area contributed by atoms with Gasteiger partial charge < -0.3 is 18.0 Å². The van der Waals surface area contributed by atoms with Gasteiger partial charge in [0, 0.05) is 0 Å². The van der Waals surface area contributed by atoms with E-state index in [2.05, 4.69) is 58.9 Å². The molecular formula is C15H34O5Si3. The highest BCUT2D eigenvalue weighted by Gasteiger charge is 2.45. The molecule has 0 unspecified atom stereocenters. The van der Waals surface area contributed by atoms with Gasteiger partial charge in [-0.25, -0.2) is 0 Å². The molecule has 0 bridgehead atoms. The van der Waals surface area contributed by atoms with E-state index in [0.717, 1.165) is 0 Å². The highest BCUT2D eigenvalue weighted by molar-refractivity contribution is 6.70. The Morgan fingerprint density at radius 1 is 1.00 bits per heavy atom. The zero-order chi connectivity index (χ0) is 18.1. The Kier molecular flexibility index (Phi) is 6.85. The molecule has 0 aliphatic carbocycles. The Labute approximate surface area is 144 Å². The monoisotopic (exact) mass is 378 g/mol. The van der Waals surface area contributed by atoms with Gasteiger partial charge in [0.15, 0.2) is 31.1 Å². The molecule has 0 saturated carbocycles. The molecule has 1 aliphatic rings. The second-order valence-electron chi connectivity index (χ2n) is 9.12. The number of ether oxygens (including phenoxy) is 1. The Morgan fingerprint density at radius 2 is 1.57 bits per heavy atom. The number of cyclic esters (lactones) is 1. The number of esters is 1. The van der Waals surface area contributed by atoms with E-state index in [1.807, 2.05) is 0 Å². The van der Waals surface area contributed by atoms with Crippen LogP contribution in [0.15, 0.2) is 0 Å². The van der Waals surface area contributed by atoms with Crippen LogP contribution in [0.1, 0.15) is 6.42 Å². The molecule has 0 aromatic rings. The average molecular weight is 379 g/mol. The largest absolute Gasteiger partial charge is 0.457 e. The molecule has 1 aliphatic heterocycles. The van der Waals surface area contributed by atoms with E-state index in [0.29, 0.717) is 13.0 Å².